The molecule has 0 aromatic heterocycles. The van der Waals surface area contributed by atoms with Crippen molar-refractivity contribution < 1.29 is 5.11 Å². The van der Waals surface area contributed by atoms with Gasteiger partial charge in [0.05, 0.1) is 0 Å². The maximum Gasteiger partial charge on any atom is 0.119 e. The molecule has 0 aliphatic rings. The highest BCUT2D eigenvalue weighted by atomic mass is 16.3. The molecule has 1 N–H and O–H groups in total. The van der Waals surface area contributed by atoms with Gasteiger partial charge >= 0.3 is 0 Å². The minimum Gasteiger partial charge on any atom is -0.508 e. The standard InChI is InChI=1S/C17H28O/c1-8-9-12-13(16(2,3)4)10-11-14(18)15(12)17(5,6)7/h10-11,18H,8-9H2,1-7H3. The Hall–Kier alpha value is -0.980. The van der Waals surface area contributed by atoms with Crippen LogP contribution in [0, 0.1) is 0 Å². The van der Waals surface area contributed by atoms with E-state index < -0.39 is 0 Å². The summed E-state index contributed by atoms with van der Waals surface area (Å²) in [7, 11) is 0. The zero-order valence-electron chi connectivity index (χ0n) is 13.0. The number of phenols is 1. The van der Waals surface area contributed by atoms with Gasteiger partial charge in [0.1, 0.15) is 5.75 Å². The molecule has 0 saturated carbocycles. The number of phenolic OH excluding ortho intramolecular Hbond substituents is 1. The first-order valence-electron chi connectivity index (χ1n) is 6.94. The normalized spacial score (nSPS) is 12.8. The second-order valence-corrected chi connectivity index (χ2v) is 7.24. The number of benzene rings is 1. The van der Waals surface area contributed by atoms with Crippen LogP contribution in [0.2, 0.25) is 0 Å². The first kappa shape index (κ1) is 15.1. The van der Waals surface area contributed by atoms with Crippen molar-refractivity contribution in [1.82, 2.24) is 0 Å². The molecule has 18 heavy (non-hydrogen) atoms. The van der Waals surface area contributed by atoms with Crippen molar-refractivity contribution in [3.63, 3.8) is 0 Å². The van der Waals surface area contributed by atoms with Gasteiger partial charge in [-0.25, -0.2) is 0 Å². The Morgan fingerprint density at radius 1 is 0.944 bits per heavy atom. The zero-order valence-corrected chi connectivity index (χ0v) is 13.0. The summed E-state index contributed by atoms with van der Waals surface area (Å²) in [4.78, 5) is 0. The summed E-state index contributed by atoms with van der Waals surface area (Å²) in [6.45, 7) is 15.4. The third-order valence-electron chi connectivity index (χ3n) is 3.35. The quantitative estimate of drug-likeness (QED) is 0.786. The van der Waals surface area contributed by atoms with E-state index in [4.69, 9.17) is 0 Å². The Kier molecular flexibility index (Phi) is 4.15. The second-order valence-electron chi connectivity index (χ2n) is 7.24. The number of hydrogen-bond donors (Lipinski definition) is 1. The van der Waals surface area contributed by atoms with Crippen molar-refractivity contribution >= 4 is 0 Å². The summed E-state index contributed by atoms with van der Waals surface area (Å²) in [5.41, 5.74) is 3.94. The van der Waals surface area contributed by atoms with E-state index in [1.165, 1.54) is 11.1 Å². The van der Waals surface area contributed by atoms with Crippen LogP contribution in [0.1, 0.15) is 71.6 Å². The molecular formula is C17H28O. The maximum atomic E-state index is 10.2. The summed E-state index contributed by atoms with van der Waals surface area (Å²) in [5, 5.41) is 10.2. The van der Waals surface area contributed by atoms with E-state index in [-0.39, 0.29) is 10.8 Å². The van der Waals surface area contributed by atoms with Gasteiger partial charge in [-0.1, -0.05) is 61.0 Å². The highest BCUT2D eigenvalue weighted by molar-refractivity contribution is 5.50. The molecule has 0 atom stereocenters. The van der Waals surface area contributed by atoms with E-state index >= 15 is 0 Å². The van der Waals surface area contributed by atoms with Crippen LogP contribution in [0.25, 0.3) is 0 Å². The van der Waals surface area contributed by atoms with Crippen molar-refractivity contribution in [3.05, 3.63) is 28.8 Å². The predicted octanol–water partition coefficient (Wildman–Crippen LogP) is 4.94. The number of rotatable bonds is 2. The van der Waals surface area contributed by atoms with Crippen molar-refractivity contribution in [2.24, 2.45) is 0 Å². The maximum absolute atomic E-state index is 10.2. The van der Waals surface area contributed by atoms with Gasteiger partial charge < -0.3 is 5.11 Å². The van der Waals surface area contributed by atoms with Gasteiger partial charge in [-0.2, -0.15) is 0 Å². The van der Waals surface area contributed by atoms with Gasteiger partial charge in [0.15, 0.2) is 0 Å². The van der Waals surface area contributed by atoms with E-state index in [0.29, 0.717) is 5.75 Å². The highest BCUT2D eigenvalue weighted by Gasteiger charge is 2.27. The summed E-state index contributed by atoms with van der Waals surface area (Å²) in [6.07, 6.45) is 2.14. The molecule has 102 valence electrons. The van der Waals surface area contributed by atoms with Gasteiger partial charge in [0, 0.05) is 5.56 Å². The molecule has 0 radical (unpaired) electrons. The van der Waals surface area contributed by atoms with Gasteiger partial charge in [-0.3, -0.25) is 0 Å². The average molecular weight is 248 g/mol. The molecule has 0 unspecified atom stereocenters. The molecule has 0 aliphatic heterocycles. The molecule has 0 bridgehead atoms. The summed E-state index contributed by atoms with van der Waals surface area (Å²) < 4.78 is 0. The van der Waals surface area contributed by atoms with Crippen molar-refractivity contribution in [3.8, 4) is 5.75 Å². The first-order valence-corrected chi connectivity index (χ1v) is 6.94. The Bertz CT molecular complexity index is 416. The van der Waals surface area contributed by atoms with E-state index in [0.717, 1.165) is 18.4 Å². The van der Waals surface area contributed by atoms with E-state index in [1.807, 2.05) is 6.07 Å². The molecule has 0 aliphatic carbocycles. The van der Waals surface area contributed by atoms with Crippen molar-refractivity contribution in [2.45, 2.75) is 72.1 Å². The highest BCUT2D eigenvalue weighted by Crippen LogP contribution is 2.39. The third-order valence-corrected chi connectivity index (χ3v) is 3.35. The topological polar surface area (TPSA) is 20.2 Å². The Labute approximate surface area is 112 Å². The van der Waals surface area contributed by atoms with Gasteiger partial charge in [-0.05, 0) is 34.4 Å². The smallest absolute Gasteiger partial charge is 0.119 e. The lowest BCUT2D eigenvalue weighted by Crippen LogP contribution is -2.21. The molecule has 1 aromatic carbocycles. The second kappa shape index (κ2) is 4.95. The Morgan fingerprint density at radius 2 is 1.50 bits per heavy atom. The van der Waals surface area contributed by atoms with Gasteiger partial charge in [0.25, 0.3) is 0 Å². The van der Waals surface area contributed by atoms with Crippen molar-refractivity contribution in [1.29, 1.82) is 0 Å². The molecule has 1 rings (SSSR count). The van der Waals surface area contributed by atoms with Crippen LogP contribution in [0.3, 0.4) is 0 Å². The molecular weight excluding hydrogens is 220 g/mol. The molecule has 0 fully saturated rings. The third kappa shape index (κ3) is 3.07. The summed E-state index contributed by atoms with van der Waals surface area (Å²) in [6, 6.07) is 3.95. The van der Waals surface area contributed by atoms with E-state index in [2.05, 4.69) is 54.5 Å². The van der Waals surface area contributed by atoms with E-state index in [1.54, 1.807) is 0 Å². The lowest BCUT2D eigenvalue weighted by atomic mass is 9.75. The molecule has 1 heteroatoms. The van der Waals surface area contributed by atoms with Gasteiger partial charge in [0.2, 0.25) is 0 Å². The summed E-state index contributed by atoms with van der Waals surface area (Å²) >= 11 is 0. The van der Waals surface area contributed by atoms with Crippen LogP contribution in [-0.4, -0.2) is 5.11 Å². The molecule has 0 heterocycles. The fourth-order valence-corrected chi connectivity index (χ4v) is 2.68. The zero-order chi connectivity index (χ0) is 14.1. The average Bonchev–Trinajstić information content (AvgIpc) is 2.13. The Balaban J connectivity index is 3.58. The minimum atomic E-state index is -0.0180. The largest absolute Gasteiger partial charge is 0.508 e. The molecule has 0 amide bonds. The predicted molar refractivity (Wildman–Crippen MR) is 79.5 cm³/mol. The van der Waals surface area contributed by atoms with Crippen LogP contribution >= 0.6 is 0 Å². The van der Waals surface area contributed by atoms with Crippen molar-refractivity contribution in [2.75, 3.05) is 0 Å². The fourth-order valence-electron chi connectivity index (χ4n) is 2.68. The van der Waals surface area contributed by atoms with Gasteiger partial charge in [-0.15, -0.1) is 0 Å². The Morgan fingerprint density at radius 3 is 1.89 bits per heavy atom. The van der Waals surface area contributed by atoms with Crippen LogP contribution in [0.4, 0.5) is 0 Å². The number of hydrogen-bond acceptors (Lipinski definition) is 1. The van der Waals surface area contributed by atoms with Crippen LogP contribution in [-0.2, 0) is 17.3 Å². The number of aromatic hydroxyl groups is 1. The SMILES string of the molecule is CCCc1c(C(C)(C)C)ccc(O)c1C(C)(C)C. The van der Waals surface area contributed by atoms with E-state index in [9.17, 15) is 5.11 Å². The lowest BCUT2D eigenvalue weighted by molar-refractivity contribution is 0.441. The fraction of sp³-hybridized carbons (Fsp3) is 0.647. The van der Waals surface area contributed by atoms with Crippen LogP contribution in [0.15, 0.2) is 12.1 Å². The van der Waals surface area contributed by atoms with Crippen LogP contribution in [0.5, 0.6) is 5.75 Å². The lowest BCUT2D eigenvalue weighted by Gasteiger charge is -2.30. The first-order chi connectivity index (χ1) is 8.09. The molecule has 0 saturated heterocycles. The molecule has 0 spiro atoms. The minimum absolute atomic E-state index is 0.0180. The van der Waals surface area contributed by atoms with Crippen LogP contribution < -0.4 is 0 Å². The molecule has 1 nitrogen and oxygen atoms in total. The monoisotopic (exact) mass is 248 g/mol. The summed E-state index contributed by atoms with van der Waals surface area (Å²) in [5.74, 6) is 0.443. The molecule has 1 aromatic rings.